The van der Waals surface area contributed by atoms with Gasteiger partial charge >= 0.3 is 0 Å². The van der Waals surface area contributed by atoms with Gasteiger partial charge in [-0.2, -0.15) is 0 Å². The van der Waals surface area contributed by atoms with Gasteiger partial charge in [0.05, 0.1) is 7.11 Å². The maximum Gasteiger partial charge on any atom is 0.122 e. The molecule has 0 amide bonds. The fraction of sp³-hybridized carbons (Fsp3) is 0.633. The summed E-state index contributed by atoms with van der Waals surface area (Å²) in [6.45, 7) is 13.9. The molecule has 0 heterocycles. The second-order valence-corrected chi connectivity index (χ2v) is 18.2. The maximum atomic E-state index is 10.4. The highest BCUT2D eigenvalue weighted by Crippen LogP contribution is 2.61. The Kier molecular flexibility index (Phi) is 12.6. The minimum atomic E-state index is 0.523. The first-order valence-electron chi connectivity index (χ1n) is 21.7. The molecular formula is C49H70N2O2. The predicted octanol–water partition coefficient (Wildman–Crippen LogP) is 10.7. The Morgan fingerprint density at radius 1 is 0.717 bits per heavy atom. The first-order valence-corrected chi connectivity index (χ1v) is 21.7. The van der Waals surface area contributed by atoms with Crippen molar-refractivity contribution in [2.24, 2.45) is 23.2 Å². The van der Waals surface area contributed by atoms with Gasteiger partial charge in [0.25, 0.3) is 0 Å². The molecule has 3 aromatic rings. The summed E-state index contributed by atoms with van der Waals surface area (Å²) in [6, 6.07) is 20.7. The molecule has 0 saturated heterocycles. The molecular weight excluding hydrogens is 649 g/mol. The Balaban J connectivity index is 0.000000164. The Labute approximate surface area is 322 Å². The van der Waals surface area contributed by atoms with Gasteiger partial charge in [0, 0.05) is 18.6 Å². The Morgan fingerprint density at radius 2 is 1.30 bits per heavy atom. The Hall–Kier alpha value is -2.82. The van der Waals surface area contributed by atoms with E-state index in [-0.39, 0.29) is 0 Å². The molecule has 53 heavy (non-hydrogen) atoms. The van der Waals surface area contributed by atoms with Crippen LogP contribution in [0.15, 0.2) is 54.6 Å². The van der Waals surface area contributed by atoms with E-state index in [9.17, 15) is 5.11 Å². The minimum Gasteiger partial charge on any atom is -0.508 e. The lowest BCUT2D eigenvalue weighted by Gasteiger charge is -2.57. The van der Waals surface area contributed by atoms with E-state index >= 15 is 0 Å². The van der Waals surface area contributed by atoms with Crippen LogP contribution in [0.4, 0.5) is 0 Å². The van der Waals surface area contributed by atoms with Gasteiger partial charge in [-0.25, -0.2) is 0 Å². The van der Waals surface area contributed by atoms with Crippen molar-refractivity contribution in [1.29, 1.82) is 0 Å². The summed E-state index contributed by atoms with van der Waals surface area (Å²) in [5, 5.41) is 10.4. The second-order valence-electron chi connectivity index (χ2n) is 18.2. The number of aromatic hydroxyl groups is 1. The van der Waals surface area contributed by atoms with Crippen molar-refractivity contribution in [3.05, 3.63) is 93.5 Å². The number of ether oxygens (including phenoxy) is 1. The summed E-state index contributed by atoms with van der Waals surface area (Å²) in [6.07, 6.45) is 21.3. The fourth-order valence-electron chi connectivity index (χ4n) is 12.1. The Bertz CT molecular complexity index is 1610. The van der Waals surface area contributed by atoms with Gasteiger partial charge in [0.1, 0.15) is 11.5 Å². The normalized spacial score (nSPS) is 27.0. The quantitative estimate of drug-likeness (QED) is 0.191. The highest BCUT2D eigenvalue weighted by molar-refractivity contribution is 5.43. The highest BCUT2D eigenvalue weighted by Gasteiger charge is 2.50. The number of phenols is 1. The monoisotopic (exact) mass is 719 g/mol. The molecule has 9 rings (SSSR count). The summed E-state index contributed by atoms with van der Waals surface area (Å²) < 4.78 is 5.64. The summed E-state index contributed by atoms with van der Waals surface area (Å²) in [7, 11) is 1.80. The molecule has 288 valence electrons. The number of aryl methyl sites for hydroxylation is 4. The average Bonchev–Trinajstić information content (AvgIpc) is 3.15. The van der Waals surface area contributed by atoms with Crippen LogP contribution in [0.25, 0.3) is 0 Å². The molecule has 4 saturated carbocycles. The molecule has 0 radical (unpaired) electrons. The zero-order valence-corrected chi connectivity index (χ0v) is 34.0. The van der Waals surface area contributed by atoms with E-state index in [0.717, 1.165) is 55.7 Å². The van der Waals surface area contributed by atoms with Crippen LogP contribution in [0.5, 0.6) is 11.5 Å². The van der Waals surface area contributed by atoms with Gasteiger partial charge in [-0.05, 0) is 205 Å². The maximum absolute atomic E-state index is 10.4. The predicted molar refractivity (Wildman–Crippen MR) is 221 cm³/mol. The third-order valence-electron chi connectivity index (χ3n) is 14.4. The molecule has 2 atom stereocenters. The molecule has 0 aliphatic heterocycles. The standard InChI is InChI=1S/C25H37NO.C24H33NO/c1-2-9-26(22-7-6-21-4-3-5-24(27)23(21)14-22)10-8-25-15-18-11-19(16-25)13-20(12-18)17-25;1-5-14-25(15-13-21-16-18(2)9-10-19(21)3)22-12-11-20-7-6-8-24(26-4)23(20)17-22/h3-5,18-20,22,27H,2,6-17H2,1H3;6-10,16,22H,5,11-15,17H2,1-4H3. The van der Waals surface area contributed by atoms with E-state index < -0.39 is 0 Å². The van der Waals surface area contributed by atoms with Crippen LogP contribution in [0.1, 0.15) is 123 Å². The summed E-state index contributed by atoms with van der Waals surface area (Å²) >= 11 is 0. The molecule has 1 N–H and O–H groups in total. The molecule has 3 aromatic carbocycles. The average molecular weight is 719 g/mol. The van der Waals surface area contributed by atoms with Gasteiger partial charge in [0.15, 0.2) is 0 Å². The lowest BCUT2D eigenvalue weighted by molar-refractivity contribution is -0.0626. The number of hydrogen-bond acceptors (Lipinski definition) is 4. The smallest absolute Gasteiger partial charge is 0.122 e. The van der Waals surface area contributed by atoms with E-state index in [2.05, 4.69) is 80.0 Å². The van der Waals surface area contributed by atoms with Crippen LogP contribution in [0.3, 0.4) is 0 Å². The van der Waals surface area contributed by atoms with E-state index in [4.69, 9.17) is 4.74 Å². The van der Waals surface area contributed by atoms with Crippen molar-refractivity contribution in [3.8, 4) is 11.5 Å². The van der Waals surface area contributed by atoms with Crippen molar-refractivity contribution >= 4 is 0 Å². The van der Waals surface area contributed by atoms with Gasteiger partial charge in [-0.3, -0.25) is 4.90 Å². The molecule has 4 heteroatoms. The summed E-state index contributed by atoms with van der Waals surface area (Å²) in [5.74, 6) is 4.78. The number of benzene rings is 3. The number of rotatable bonds is 13. The van der Waals surface area contributed by atoms with Crippen molar-refractivity contribution in [2.75, 3.05) is 33.3 Å². The third kappa shape index (κ3) is 9.02. The minimum absolute atomic E-state index is 0.523. The van der Waals surface area contributed by atoms with Crippen molar-refractivity contribution in [1.82, 2.24) is 9.80 Å². The van der Waals surface area contributed by atoms with Crippen LogP contribution in [0, 0.1) is 37.0 Å². The second kappa shape index (κ2) is 17.3. The van der Waals surface area contributed by atoms with Crippen LogP contribution >= 0.6 is 0 Å². The van der Waals surface area contributed by atoms with Crippen LogP contribution in [-0.2, 0) is 32.1 Å². The summed E-state index contributed by atoms with van der Waals surface area (Å²) in [4.78, 5) is 5.52. The third-order valence-corrected chi connectivity index (χ3v) is 14.4. The van der Waals surface area contributed by atoms with Crippen LogP contribution < -0.4 is 4.74 Å². The van der Waals surface area contributed by atoms with Crippen LogP contribution in [0.2, 0.25) is 0 Å². The SMILES string of the molecule is CCCN(CCC12CC3CC(CC(C3)C1)C2)C1CCc2cccc(O)c2C1.CCCN(CCc1cc(C)ccc1C)C1CCc2cccc(OC)c2C1. The zero-order valence-electron chi connectivity index (χ0n) is 34.0. The molecule has 6 aliphatic rings. The fourth-order valence-corrected chi connectivity index (χ4v) is 12.1. The Morgan fingerprint density at radius 3 is 1.92 bits per heavy atom. The number of phenolic OH excluding ortho intramolecular Hbond substituents is 1. The van der Waals surface area contributed by atoms with Crippen molar-refractivity contribution < 1.29 is 9.84 Å². The number of hydrogen-bond donors (Lipinski definition) is 1. The lowest BCUT2D eigenvalue weighted by atomic mass is 9.49. The van der Waals surface area contributed by atoms with Crippen molar-refractivity contribution in [2.45, 2.75) is 143 Å². The molecule has 6 aliphatic carbocycles. The van der Waals surface area contributed by atoms with Gasteiger partial charge < -0.3 is 14.7 Å². The van der Waals surface area contributed by atoms with Crippen molar-refractivity contribution in [3.63, 3.8) is 0 Å². The van der Waals surface area contributed by atoms with Gasteiger partial charge in [0.2, 0.25) is 0 Å². The zero-order chi connectivity index (χ0) is 37.0. The van der Waals surface area contributed by atoms with Gasteiger partial charge in [-0.1, -0.05) is 61.9 Å². The van der Waals surface area contributed by atoms with Crippen LogP contribution in [-0.4, -0.2) is 60.3 Å². The summed E-state index contributed by atoms with van der Waals surface area (Å²) in [5.41, 5.74) is 10.5. The molecule has 2 unspecified atom stereocenters. The van der Waals surface area contributed by atoms with E-state index in [0.29, 0.717) is 23.2 Å². The first-order chi connectivity index (χ1) is 25.8. The number of fused-ring (bicyclic) bond motifs is 2. The number of methoxy groups -OCH3 is 1. The lowest BCUT2D eigenvalue weighted by Crippen LogP contribution is -2.48. The van der Waals surface area contributed by atoms with Gasteiger partial charge in [-0.15, -0.1) is 0 Å². The number of nitrogens with zero attached hydrogens (tertiary/aromatic N) is 2. The first kappa shape index (κ1) is 38.5. The molecule has 4 bridgehead atoms. The molecule has 0 aromatic heterocycles. The molecule has 4 fully saturated rings. The molecule has 0 spiro atoms. The highest BCUT2D eigenvalue weighted by atomic mass is 16.5. The van der Waals surface area contributed by atoms with E-state index in [1.807, 2.05) is 12.1 Å². The largest absolute Gasteiger partial charge is 0.508 e. The topological polar surface area (TPSA) is 35.9 Å². The van der Waals surface area contributed by atoms with E-state index in [1.54, 1.807) is 26.4 Å². The van der Waals surface area contributed by atoms with E-state index in [1.165, 1.54) is 116 Å². The molecule has 4 nitrogen and oxygen atoms in total.